The number of carbonyl (C=O) groups is 1. The highest BCUT2D eigenvalue weighted by molar-refractivity contribution is 6.31. The van der Waals surface area contributed by atoms with E-state index < -0.39 is 0 Å². The van der Waals surface area contributed by atoms with Crippen LogP contribution >= 0.6 is 11.6 Å². The van der Waals surface area contributed by atoms with Crippen molar-refractivity contribution in [2.45, 2.75) is 12.5 Å². The van der Waals surface area contributed by atoms with Crippen LogP contribution in [-0.2, 0) is 4.79 Å². The van der Waals surface area contributed by atoms with E-state index in [0.29, 0.717) is 18.2 Å². The fraction of sp³-hybridized carbons (Fsp3) is 0.438. The maximum Gasteiger partial charge on any atom is 0.239 e. The van der Waals surface area contributed by atoms with Crippen molar-refractivity contribution in [3.63, 3.8) is 0 Å². The van der Waals surface area contributed by atoms with Gasteiger partial charge in [-0.15, -0.1) is 0 Å². The lowest BCUT2D eigenvalue weighted by Crippen LogP contribution is -2.44. The van der Waals surface area contributed by atoms with Crippen LogP contribution in [0.3, 0.4) is 0 Å². The van der Waals surface area contributed by atoms with Gasteiger partial charge in [0, 0.05) is 23.6 Å². The average molecular weight is 323 g/mol. The van der Waals surface area contributed by atoms with E-state index in [9.17, 15) is 4.79 Å². The zero-order valence-electron chi connectivity index (χ0n) is 12.2. The number of rotatable bonds is 4. The zero-order valence-corrected chi connectivity index (χ0v) is 12.9. The average Bonchev–Trinajstić information content (AvgIpc) is 2.95. The first-order chi connectivity index (χ1) is 10.7. The molecular formula is C16H19ClN2O3. The highest BCUT2D eigenvalue weighted by atomic mass is 35.5. The molecule has 5 nitrogen and oxygen atoms in total. The number of hydrogen-bond acceptors (Lipinski definition) is 4. The predicted molar refractivity (Wildman–Crippen MR) is 85.4 cm³/mol. The van der Waals surface area contributed by atoms with Crippen LogP contribution in [0.2, 0.25) is 5.02 Å². The molecule has 0 saturated heterocycles. The predicted octanol–water partition coefficient (Wildman–Crippen LogP) is 1.59. The van der Waals surface area contributed by atoms with Crippen LogP contribution in [0.1, 0.15) is 6.42 Å². The third kappa shape index (κ3) is 3.36. The van der Waals surface area contributed by atoms with Crippen molar-refractivity contribution >= 4 is 23.2 Å². The first kappa shape index (κ1) is 15.2. The van der Waals surface area contributed by atoms with E-state index in [0.717, 1.165) is 17.9 Å². The number of amides is 1. The van der Waals surface area contributed by atoms with Crippen molar-refractivity contribution in [1.82, 2.24) is 5.32 Å². The number of aliphatic hydroxyl groups is 1. The Kier molecular flexibility index (Phi) is 4.55. The second-order valence-corrected chi connectivity index (χ2v) is 6.06. The van der Waals surface area contributed by atoms with Crippen molar-refractivity contribution in [3.05, 3.63) is 35.4 Å². The standard InChI is InChI=1S/C16H19ClN2O3/c17-12-2-4-15-14(8-12)19(5-6-22-15)9-16(21)18-13-3-1-11(7-13)10-20/h1-4,8,11,13,20H,5-7,9-10H2,(H,18,21)/t11-,13+/m0/s1. The van der Waals surface area contributed by atoms with Crippen LogP contribution in [-0.4, -0.2) is 43.4 Å². The molecule has 0 fully saturated rings. The number of aliphatic hydroxyl groups excluding tert-OH is 1. The van der Waals surface area contributed by atoms with Gasteiger partial charge in [0.05, 0.1) is 18.8 Å². The van der Waals surface area contributed by atoms with Crippen molar-refractivity contribution in [3.8, 4) is 5.75 Å². The summed E-state index contributed by atoms with van der Waals surface area (Å²) in [4.78, 5) is 14.2. The third-order valence-corrected chi connectivity index (χ3v) is 4.20. The van der Waals surface area contributed by atoms with Gasteiger partial charge in [-0.05, 0) is 24.6 Å². The van der Waals surface area contributed by atoms with Crippen molar-refractivity contribution in [1.29, 1.82) is 0 Å². The minimum absolute atomic E-state index is 0.00419. The Labute approximate surface area is 134 Å². The van der Waals surface area contributed by atoms with Gasteiger partial charge in [0.1, 0.15) is 12.4 Å². The maximum absolute atomic E-state index is 12.2. The van der Waals surface area contributed by atoms with E-state index in [4.69, 9.17) is 21.4 Å². The molecular weight excluding hydrogens is 304 g/mol. The Morgan fingerprint density at radius 3 is 3.09 bits per heavy atom. The molecule has 0 radical (unpaired) electrons. The van der Waals surface area contributed by atoms with Gasteiger partial charge in [0.15, 0.2) is 0 Å². The fourth-order valence-corrected chi connectivity index (χ4v) is 3.02. The Balaban J connectivity index is 1.61. The molecule has 22 heavy (non-hydrogen) atoms. The summed E-state index contributed by atoms with van der Waals surface area (Å²) in [7, 11) is 0. The highest BCUT2D eigenvalue weighted by Gasteiger charge is 2.23. The molecule has 1 heterocycles. The van der Waals surface area contributed by atoms with E-state index in [-0.39, 0.29) is 31.0 Å². The van der Waals surface area contributed by atoms with E-state index in [2.05, 4.69) is 5.32 Å². The van der Waals surface area contributed by atoms with Crippen molar-refractivity contribution in [2.24, 2.45) is 5.92 Å². The molecule has 6 heteroatoms. The van der Waals surface area contributed by atoms with E-state index in [1.165, 1.54) is 0 Å². The molecule has 2 aliphatic rings. The summed E-state index contributed by atoms with van der Waals surface area (Å²) in [6, 6.07) is 5.43. The van der Waals surface area contributed by atoms with E-state index >= 15 is 0 Å². The molecule has 1 aromatic rings. The molecule has 2 N–H and O–H groups in total. The number of benzene rings is 1. The highest BCUT2D eigenvalue weighted by Crippen LogP contribution is 2.33. The molecule has 1 aromatic carbocycles. The monoisotopic (exact) mass is 322 g/mol. The summed E-state index contributed by atoms with van der Waals surface area (Å²) in [6.45, 7) is 1.60. The molecule has 118 valence electrons. The first-order valence-corrected chi connectivity index (χ1v) is 7.79. The van der Waals surface area contributed by atoms with Crippen molar-refractivity contribution < 1.29 is 14.6 Å². The van der Waals surface area contributed by atoms with Crippen LogP contribution in [0.4, 0.5) is 5.69 Å². The topological polar surface area (TPSA) is 61.8 Å². The zero-order chi connectivity index (χ0) is 15.5. The molecule has 3 rings (SSSR count). The van der Waals surface area contributed by atoms with Gasteiger partial charge < -0.3 is 20.1 Å². The van der Waals surface area contributed by atoms with Crippen molar-refractivity contribution in [2.75, 3.05) is 31.2 Å². The largest absolute Gasteiger partial charge is 0.490 e. The summed E-state index contributed by atoms with van der Waals surface area (Å²) in [5, 5.41) is 12.7. The second kappa shape index (κ2) is 6.58. The summed E-state index contributed by atoms with van der Waals surface area (Å²) >= 11 is 6.03. The Morgan fingerprint density at radius 1 is 1.45 bits per heavy atom. The van der Waals surface area contributed by atoms with Gasteiger partial charge in [-0.2, -0.15) is 0 Å². The Morgan fingerprint density at radius 2 is 2.32 bits per heavy atom. The van der Waals surface area contributed by atoms with E-state index in [1.54, 1.807) is 6.07 Å². The normalized spacial score (nSPS) is 23.1. The number of hydrogen-bond donors (Lipinski definition) is 2. The third-order valence-electron chi connectivity index (χ3n) is 3.97. The quantitative estimate of drug-likeness (QED) is 0.827. The van der Waals surface area contributed by atoms with Crippen LogP contribution in [0, 0.1) is 5.92 Å². The van der Waals surface area contributed by atoms with E-state index in [1.807, 2.05) is 29.2 Å². The molecule has 0 spiro atoms. The SMILES string of the molecule is O=C(CN1CCOc2ccc(Cl)cc21)N[C@@H]1C=C[C@H](CO)C1. The summed E-state index contributed by atoms with van der Waals surface area (Å²) in [5.74, 6) is 0.860. The fourth-order valence-electron chi connectivity index (χ4n) is 2.85. The summed E-state index contributed by atoms with van der Waals surface area (Å²) in [5.41, 5.74) is 0.851. The minimum atomic E-state index is -0.0407. The summed E-state index contributed by atoms with van der Waals surface area (Å²) < 4.78 is 5.58. The molecule has 0 aromatic heterocycles. The molecule has 1 amide bonds. The van der Waals surface area contributed by atoms with Crippen LogP contribution in [0.15, 0.2) is 30.4 Å². The summed E-state index contributed by atoms with van der Waals surface area (Å²) in [6.07, 6.45) is 4.66. The minimum Gasteiger partial charge on any atom is -0.490 e. The number of carbonyl (C=O) groups excluding carboxylic acids is 1. The van der Waals surface area contributed by atoms with Gasteiger partial charge in [-0.1, -0.05) is 23.8 Å². The molecule has 1 aliphatic carbocycles. The lowest BCUT2D eigenvalue weighted by molar-refractivity contribution is -0.120. The molecule has 0 bridgehead atoms. The number of nitrogens with zero attached hydrogens (tertiary/aromatic N) is 1. The van der Waals surface area contributed by atoms with Gasteiger partial charge in [-0.25, -0.2) is 0 Å². The lowest BCUT2D eigenvalue weighted by atomic mass is 10.1. The number of anilines is 1. The van der Waals surface area contributed by atoms with Gasteiger partial charge >= 0.3 is 0 Å². The van der Waals surface area contributed by atoms with Gasteiger partial charge in [0.25, 0.3) is 0 Å². The number of ether oxygens (including phenoxy) is 1. The molecule has 0 unspecified atom stereocenters. The number of halogens is 1. The Hall–Kier alpha value is -1.72. The first-order valence-electron chi connectivity index (χ1n) is 7.41. The Bertz CT molecular complexity index is 591. The smallest absolute Gasteiger partial charge is 0.239 e. The van der Waals surface area contributed by atoms with Crippen LogP contribution < -0.4 is 15.0 Å². The lowest BCUT2D eigenvalue weighted by Gasteiger charge is -2.31. The van der Waals surface area contributed by atoms with Crippen LogP contribution in [0.5, 0.6) is 5.75 Å². The van der Waals surface area contributed by atoms with Gasteiger partial charge in [0.2, 0.25) is 5.91 Å². The van der Waals surface area contributed by atoms with Gasteiger partial charge in [-0.3, -0.25) is 4.79 Å². The molecule has 1 aliphatic heterocycles. The van der Waals surface area contributed by atoms with Crippen LogP contribution in [0.25, 0.3) is 0 Å². The maximum atomic E-state index is 12.2. The molecule has 2 atom stereocenters. The second-order valence-electron chi connectivity index (χ2n) is 5.62. The number of nitrogens with one attached hydrogen (secondary N) is 1. The molecule has 0 saturated carbocycles. The number of fused-ring (bicyclic) bond motifs is 1.